The van der Waals surface area contributed by atoms with Crippen molar-refractivity contribution in [2.75, 3.05) is 18.0 Å². The minimum atomic E-state index is 0.540. The van der Waals surface area contributed by atoms with Crippen LogP contribution in [0.2, 0.25) is 0 Å². The summed E-state index contributed by atoms with van der Waals surface area (Å²) in [7, 11) is 0. The lowest BCUT2D eigenvalue weighted by Gasteiger charge is -2.24. The summed E-state index contributed by atoms with van der Waals surface area (Å²) in [6.07, 6.45) is 2.71. The topological polar surface area (TPSA) is 55.0 Å². The van der Waals surface area contributed by atoms with Gasteiger partial charge in [0.25, 0.3) is 0 Å². The van der Waals surface area contributed by atoms with Crippen LogP contribution >= 0.6 is 0 Å². The van der Waals surface area contributed by atoms with Gasteiger partial charge in [-0.2, -0.15) is 5.10 Å². The zero-order valence-corrected chi connectivity index (χ0v) is 11.0. The molecule has 0 aliphatic heterocycles. The maximum atomic E-state index is 5.86. The van der Waals surface area contributed by atoms with E-state index in [4.69, 9.17) is 5.73 Å². The van der Waals surface area contributed by atoms with Gasteiger partial charge in [-0.3, -0.25) is 0 Å². The Balaban J connectivity index is 2.30. The van der Waals surface area contributed by atoms with E-state index in [0.29, 0.717) is 6.54 Å². The van der Waals surface area contributed by atoms with Crippen LogP contribution in [0.15, 0.2) is 0 Å². The second kappa shape index (κ2) is 5.00. The van der Waals surface area contributed by atoms with E-state index in [-0.39, 0.29) is 0 Å². The Morgan fingerprint density at radius 2 is 2.00 bits per heavy atom. The molecule has 17 heavy (non-hydrogen) atoms. The number of anilines is 1. The van der Waals surface area contributed by atoms with Crippen LogP contribution in [0.1, 0.15) is 36.6 Å². The molecule has 0 spiro atoms. The molecule has 0 saturated heterocycles. The Morgan fingerprint density at radius 3 is 2.53 bits per heavy atom. The highest BCUT2D eigenvalue weighted by Gasteiger charge is 2.25. The number of aryl methyl sites for hydroxylation is 1. The summed E-state index contributed by atoms with van der Waals surface area (Å²) >= 11 is 0. The van der Waals surface area contributed by atoms with E-state index >= 15 is 0 Å². The largest absolute Gasteiger partial charge is 0.355 e. The van der Waals surface area contributed by atoms with Crippen LogP contribution in [0.5, 0.6) is 0 Å². The Bertz CT molecular complexity index is 399. The lowest BCUT2D eigenvalue weighted by atomic mass is 10.1. The van der Waals surface area contributed by atoms with Crippen molar-refractivity contribution in [1.82, 2.24) is 10.2 Å². The van der Waals surface area contributed by atoms with E-state index in [1.807, 2.05) is 6.92 Å². The lowest BCUT2D eigenvalue weighted by molar-refractivity contribution is 0.713. The molecular formula is C13H22N4. The number of aromatic nitrogens is 2. The Labute approximate surface area is 103 Å². The molecule has 0 radical (unpaired) electrons. The SMILES string of the molecule is CCN(CC1CC1)c1nnc(C)c(C)c1CN. The van der Waals surface area contributed by atoms with Gasteiger partial charge in [-0.25, -0.2) is 0 Å². The zero-order chi connectivity index (χ0) is 12.4. The molecule has 0 atom stereocenters. The van der Waals surface area contributed by atoms with Crippen LogP contribution in [0.25, 0.3) is 0 Å². The molecule has 4 nitrogen and oxygen atoms in total. The average molecular weight is 234 g/mol. The molecule has 1 fully saturated rings. The van der Waals surface area contributed by atoms with Crippen molar-refractivity contribution in [3.05, 3.63) is 16.8 Å². The van der Waals surface area contributed by atoms with Crippen molar-refractivity contribution >= 4 is 5.82 Å². The lowest BCUT2D eigenvalue weighted by Crippen LogP contribution is -2.28. The van der Waals surface area contributed by atoms with E-state index in [1.54, 1.807) is 0 Å². The van der Waals surface area contributed by atoms with Crippen LogP contribution in [0, 0.1) is 19.8 Å². The molecule has 1 aliphatic carbocycles. The average Bonchev–Trinajstić information content (AvgIpc) is 3.13. The Morgan fingerprint density at radius 1 is 1.29 bits per heavy atom. The summed E-state index contributed by atoms with van der Waals surface area (Å²) < 4.78 is 0. The molecule has 4 heteroatoms. The van der Waals surface area contributed by atoms with E-state index < -0.39 is 0 Å². The Hall–Kier alpha value is -1.16. The molecular weight excluding hydrogens is 212 g/mol. The normalized spacial score (nSPS) is 15.1. The van der Waals surface area contributed by atoms with E-state index in [9.17, 15) is 0 Å². The van der Waals surface area contributed by atoms with Crippen molar-refractivity contribution < 1.29 is 0 Å². The van der Waals surface area contributed by atoms with E-state index in [0.717, 1.165) is 36.1 Å². The van der Waals surface area contributed by atoms with Crippen molar-refractivity contribution in [2.45, 2.75) is 40.2 Å². The first-order valence-electron chi connectivity index (χ1n) is 6.45. The van der Waals surface area contributed by atoms with Gasteiger partial charge in [-0.05, 0) is 45.1 Å². The quantitative estimate of drug-likeness (QED) is 0.844. The molecule has 1 heterocycles. The van der Waals surface area contributed by atoms with Crippen LogP contribution in [0.4, 0.5) is 5.82 Å². The first-order valence-corrected chi connectivity index (χ1v) is 6.45. The third-order valence-electron chi connectivity index (χ3n) is 3.62. The van der Waals surface area contributed by atoms with Crippen LogP contribution in [-0.2, 0) is 6.54 Å². The number of nitrogens with zero attached hydrogens (tertiary/aromatic N) is 3. The standard InChI is InChI=1S/C13H22N4/c1-4-17(8-11-5-6-11)13-12(7-14)9(2)10(3)15-16-13/h11H,4-8,14H2,1-3H3. The molecule has 0 amide bonds. The van der Waals surface area contributed by atoms with Gasteiger partial charge in [0.15, 0.2) is 5.82 Å². The van der Waals surface area contributed by atoms with Crippen LogP contribution < -0.4 is 10.6 Å². The second-order valence-electron chi connectivity index (χ2n) is 4.90. The smallest absolute Gasteiger partial charge is 0.156 e. The summed E-state index contributed by atoms with van der Waals surface area (Å²) in [6, 6.07) is 0. The van der Waals surface area contributed by atoms with Gasteiger partial charge >= 0.3 is 0 Å². The fourth-order valence-corrected chi connectivity index (χ4v) is 2.12. The first-order chi connectivity index (χ1) is 8.17. The van der Waals surface area contributed by atoms with Crippen molar-refractivity contribution in [3.63, 3.8) is 0 Å². The molecule has 2 rings (SSSR count). The van der Waals surface area contributed by atoms with Crippen LogP contribution in [-0.4, -0.2) is 23.3 Å². The van der Waals surface area contributed by atoms with Gasteiger partial charge < -0.3 is 10.6 Å². The predicted molar refractivity (Wildman–Crippen MR) is 70.0 cm³/mol. The maximum absolute atomic E-state index is 5.86. The highest BCUT2D eigenvalue weighted by molar-refractivity contribution is 5.50. The minimum Gasteiger partial charge on any atom is -0.355 e. The molecule has 94 valence electrons. The maximum Gasteiger partial charge on any atom is 0.156 e. The minimum absolute atomic E-state index is 0.540. The van der Waals surface area contributed by atoms with Crippen molar-refractivity contribution in [2.24, 2.45) is 11.7 Å². The summed E-state index contributed by atoms with van der Waals surface area (Å²) in [5.74, 6) is 1.84. The molecule has 0 bridgehead atoms. The van der Waals surface area contributed by atoms with E-state index in [1.165, 1.54) is 18.4 Å². The molecule has 1 aromatic heterocycles. The van der Waals surface area contributed by atoms with E-state index in [2.05, 4.69) is 28.9 Å². The molecule has 1 aromatic rings. The fraction of sp³-hybridized carbons (Fsp3) is 0.692. The second-order valence-corrected chi connectivity index (χ2v) is 4.90. The van der Waals surface area contributed by atoms with Gasteiger partial charge in [0.1, 0.15) is 0 Å². The van der Waals surface area contributed by atoms with Gasteiger partial charge in [-0.15, -0.1) is 5.10 Å². The zero-order valence-electron chi connectivity index (χ0n) is 11.0. The number of hydrogen-bond acceptors (Lipinski definition) is 4. The number of nitrogens with two attached hydrogens (primary N) is 1. The molecule has 1 aliphatic rings. The van der Waals surface area contributed by atoms with Crippen LogP contribution in [0.3, 0.4) is 0 Å². The number of rotatable bonds is 5. The molecule has 1 saturated carbocycles. The van der Waals surface area contributed by atoms with Gasteiger partial charge in [0.2, 0.25) is 0 Å². The first kappa shape index (κ1) is 12.3. The predicted octanol–water partition coefficient (Wildman–Crippen LogP) is 1.79. The highest BCUT2D eigenvalue weighted by Crippen LogP contribution is 2.32. The third kappa shape index (κ3) is 2.57. The monoisotopic (exact) mass is 234 g/mol. The molecule has 0 unspecified atom stereocenters. The van der Waals surface area contributed by atoms with Crippen molar-refractivity contribution in [3.8, 4) is 0 Å². The van der Waals surface area contributed by atoms with Gasteiger partial charge in [0, 0.05) is 25.2 Å². The summed E-state index contributed by atoms with van der Waals surface area (Å²) in [5.41, 5.74) is 9.19. The summed E-state index contributed by atoms with van der Waals surface area (Å²) in [5, 5.41) is 8.59. The summed E-state index contributed by atoms with van der Waals surface area (Å²) in [4.78, 5) is 2.32. The highest BCUT2D eigenvalue weighted by atomic mass is 15.3. The van der Waals surface area contributed by atoms with Crippen molar-refractivity contribution in [1.29, 1.82) is 0 Å². The fourth-order valence-electron chi connectivity index (χ4n) is 2.12. The summed E-state index contributed by atoms with van der Waals surface area (Å²) in [6.45, 7) is 8.85. The molecule has 0 aromatic carbocycles. The molecule has 2 N–H and O–H groups in total. The number of hydrogen-bond donors (Lipinski definition) is 1. The third-order valence-corrected chi connectivity index (χ3v) is 3.62. The van der Waals surface area contributed by atoms with Gasteiger partial charge in [-0.1, -0.05) is 0 Å². The van der Waals surface area contributed by atoms with Gasteiger partial charge in [0.05, 0.1) is 5.69 Å². The Kier molecular flexibility index (Phi) is 3.62.